The first kappa shape index (κ1) is 12.2. The fourth-order valence-electron chi connectivity index (χ4n) is 2.32. The number of piperazine rings is 1. The molecular weight excluding hydrogens is 240 g/mol. The summed E-state index contributed by atoms with van der Waals surface area (Å²) in [7, 11) is 2.10. The van der Waals surface area contributed by atoms with Gasteiger partial charge in [0.2, 0.25) is 0 Å². The first-order valence-corrected chi connectivity index (χ1v) is 6.54. The molecule has 1 aromatic carbocycles. The van der Waals surface area contributed by atoms with Gasteiger partial charge in [0.1, 0.15) is 0 Å². The highest BCUT2D eigenvalue weighted by Gasteiger charge is 2.16. The van der Waals surface area contributed by atoms with E-state index in [1.54, 1.807) is 0 Å². The van der Waals surface area contributed by atoms with Gasteiger partial charge in [-0.1, -0.05) is 6.07 Å². The molecule has 0 spiro atoms. The van der Waals surface area contributed by atoms with Gasteiger partial charge in [-0.15, -0.1) is 0 Å². The molecule has 0 unspecified atom stereocenters. The third-order valence-electron chi connectivity index (χ3n) is 3.58. The van der Waals surface area contributed by atoms with E-state index < -0.39 is 0 Å². The fraction of sp³-hybridized carbons (Fsp3) is 0.357. The van der Waals surface area contributed by atoms with E-state index >= 15 is 0 Å². The number of nitrogens with zero attached hydrogens (tertiary/aromatic N) is 2. The number of aromatic amines is 1. The molecule has 5 nitrogen and oxygen atoms in total. The predicted molar refractivity (Wildman–Crippen MR) is 74.8 cm³/mol. The third-order valence-corrected chi connectivity index (χ3v) is 3.58. The zero-order valence-electron chi connectivity index (χ0n) is 11.0. The number of benzene rings is 1. The van der Waals surface area contributed by atoms with Gasteiger partial charge in [0, 0.05) is 43.5 Å². The van der Waals surface area contributed by atoms with Crippen LogP contribution in [-0.4, -0.2) is 54.0 Å². The van der Waals surface area contributed by atoms with Crippen LogP contribution in [0.15, 0.2) is 30.5 Å². The lowest BCUT2D eigenvalue weighted by Crippen LogP contribution is -2.52. The molecule has 1 fully saturated rings. The topological polar surface area (TPSA) is 51.4 Å². The Morgan fingerprint density at radius 3 is 2.79 bits per heavy atom. The molecule has 2 heterocycles. The summed E-state index contributed by atoms with van der Waals surface area (Å²) >= 11 is 0. The van der Waals surface area contributed by atoms with Crippen molar-refractivity contribution in [3.8, 4) is 0 Å². The highest BCUT2D eigenvalue weighted by atomic mass is 16.2. The molecule has 1 amide bonds. The van der Waals surface area contributed by atoms with Crippen molar-refractivity contribution < 1.29 is 4.79 Å². The third kappa shape index (κ3) is 2.62. The Kier molecular flexibility index (Phi) is 3.23. The molecule has 2 aromatic rings. The van der Waals surface area contributed by atoms with Crippen molar-refractivity contribution in [3.05, 3.63) is 36.0 Å². The predicted octanol–water partition coefficient (Wildman–Crippen LogP) is 1.06. The van der Waals surface area contributed by atoms with Gasteiger partial charge in [0.05, 0.1) is 0 Å². The van der Waals surface area contributed by atoms with Crippen molar-refractivity contribution in [1.82, 2.24) is 20.3 Å². The molecule has 1 aromatic heterocycles. The monoisotopic (exact) mass is 258 g/mol. The number of hydrogen-bond donors (Lipinski definition) is 2. The van der Waals surface area contributed by atoms with E-state index in [0.29, 0.717) is 5.56 Å². The molecule has 0 radical (unpaired) electrons. The summed E-state index contributed by atoms with van der Waals surface area (Å²) in [5.41, 5.74) is 4.65. The molecular formula is C14H18N4O. The number of nitrogens with one attached hydrogen (secondary N) is 2. The number of rotatable bonds is 2. The maximum atomic E-state index is 12.2. The Balaban J connectivity index is 1.69. The largest absolute Gasteiger partial charge is 0.361 e. The molecule has 0 atom stereocenters. The molecule has 19 heavy (non-hydrogen) atoms. The van der Waals surface area contributed by atoms with E-state index in [9.17, 15) is 4.79 Å². The van der Waals surface area contributed by atoms with Crippen molar-refractivity contribution >= 4 is 16.8 Å². The number of carbonyl (C=O) groups excluding carboxylic acids is 1. The molecule has 3 rings (SSSR count). The van der Waals surface area contributed by atoms with Gasteiger partial charge in [-0.25, -0.2) is 5.01 Å². The number of aromatic nitrogens is 1. The minimum Gasteiger partial charge on any atom is -0.361 e. The first-order chi connectivity index (χ1) is 9.22. The van der Waals surface area contributed by atoms with Crippen LogP contribution >= 0.6 is 0 Å². The quantitative estimate of drug-likeness (QED) is 0.847. The summed E-state index contributed by atoms with van der Waals surface area (Å²) < 4.78 is 0. The van der Waals surface area contributed by atoms with E-state index in [-0.39, 0.29) is 5.91 Å². The van der Waals surface area contributed by atoms with Crippen LogP contribution in [0.25, 0.3) is 10.9 Å². The number of hydrazine groups is 1. The van der Waals surface area contributed by atoms with Gasteiger partial charge in [0.15, 0.2) is 0 Å². The average molecular weight is 258 g/mol. The smallest absolute Gasteiger partial charge is 0.265 e. The van der Waals surface area contributed by atoms with Crippen molar-refractivity contribution in [3.63, 3.8) is 0 Å². The summed E-state index contributed by atoms with van der Waals surface area (Å²) in [5, 5.41) is 3.11. The van der Waals surface area contributed by atoms with Crippen LogP contribution in [0, 0.1) is 0 Å². The van der Waals surface area contributed by atoms with E-state index in [4.69, 9.17) is 0 Å². The lowest BCUT2D eigenvalue weighted by atomic mass is 10.1. The van der Waals surface area contributed by atoms with E-state index in [1.165, 1.54) is 0 Å². The molecule has 5 heteroatoms. The Morgan fingerprint density at radius 1 is 1.21 bits per heavy atom. The van der Waals surface area contributed by atoms with Gasteiger partial charge in [-0.3, -0.25) is 10.2 Å². The number of H-pyrrole nitrogens is 1. The maximum Gasteiger partial charge on any atom is 0.265 e. The Bertz CT molecular complexity index is 584. The van der Waals surface area contributed by atoms with Crippen molar-refractivity contribution in [2.75, 3.05) is 33.2 Å². The van der Waals surface area contributed by atoms with Crippen LogP contribution in [-0.2, 0) is 0 Å². The number of carbonyl (C=O) groups is 1. The van der Waals surface area contributed by atoms with Crippen molar-refractivity contribution in [2.24, 2.45) is 0 Å². The minimum atomic E-state index is -0.0407. The molecule has 1 aliphatic heterocycles. The summed E-state index contributed by atoms with van der Waals surface area (Å²) in [5.74, 6) is -0.0407. The van der Waals surface area contributed by atoms with Gasteiger partial charge >= 0.3 is 0 Å². The van der Waals surface area contributed by atoms with Gasteiger partial charge in [0.25, 0.3) is 5.91 Å². The Labute approximate surface area is 112 Å². The lowest BCUT2D eigenvalue weighted by molar-refractivity contribution is 0.0662. The van der Waals surface area contributed by atoms with Crippen LogP contribution in [0.5, 0.6) is 0 Å². The van der Waals surface area contributed by atoms with Crippen LogP contribution in [0.2, 0.25) is 0 Å². The summed E-state index contributed by atoms with van der Waals surface area (Å²) in [4.78, 5) is 17.6. The average Bonchev–Trinajstić information content (AvgIpc) is 2.88. The van der Waals surface area contributed by atoms with Crippen LogP contribution in [0.3, 0.4) is 0 Å². The number of amides is 1. The molecule has 0 saturated carbocycles. The molecule has 1 aliphatic rings. The summed E-state index contributed by atoms with van der Waals surface area (Å²) in [6, 6.07) is 7.71. The standard InChI is InChI=1S/C14H18N4O/c1-17-6-8-18(9-7-17)16-14(19)12-3-2-11-4-5-15-13(11)10-12/h2-5,10,15H,6-9H2,1H3,(H,16,19). The molecule has 100 valence electrons. The second kappa shape index (κ2) is 5.03. The van der Waals surface area contributed by atoms with Crippen molar-refractivity contribution in [2.45, 2.75) is 0 Å². The number of fused-ring (bicyclic) bond motifs is 1. The zero-order valence-corrected chi connectivity index (χ0v) is 11.0. The summed E-state index contributed by atoms with van der Waals surface area (Å²) in [6.45, 7) is 3.70. The Hall–Kier alpha value is -1.85. The lowest BCUT2D eigenvalue weighted by Gasteiger charge is -2.32. The molecule has 0 bridgehead atoms. The second-order valence-electron chi connectivity index (χ2n) is 5.01. The second-order valence-corrected chi connectivity index (χ2v) is 5.01. The van der Waals surface area contributed by atoms with E-state index in [0.717, 1.165) is 37.1 Å². The first-order valence-electron chi connectivity index (χ1n) is 6.54. The SMILES string of the molecule is CN1CCN(NC(=O)c2ccc3cc[nH]c3c2)CC1. The Morgan fingerprint density at radius 2 is 2.00 bits per heavy atom. The van der Waals surface area contributed by atoms with Crippen molar-refractivity contribution in [1.29, 1.82) is 0 Å². The van der Waals surface area contributed by atoms with Gasteiger partial charge < -0.3 is 9.88 Å². The fourth-order valence-corrected chi connectivity index (χ4v) is 2.32. The highest BCUT2D eigenvalue weighted by molar-refractivity contribution is 5.97. The van der Waals surface area contributed by atoms with Gasteiger partial charge in [-0.2, -0.15) is 0 Å². The molecule has 2 N–H and O–H groups in total. The zero-order chi connectivity index (χ0) is 13.2. The molecule has 0 aliphatic carbocycles. The normalized spacial score (nSPS) is 17.7. The number of hydrogen-bond acceptors (Lipinski definition) is 3. The number of likely N-dealkylation sites (N-methyl/N-ethyl adjacent to an activating group) is 1. The minimum absolute atomic E-state index is 0.0407. The van der Waals surface area contributed by atoms with Crippen LogP contribution < -0.4 is 5.43 Å². The highest BCUT2D eigenvalue weighted by Crippen LogP contribution is 2.14. The van der Waals surface area contributed by atoms with Gasteiger partial charge in [-0.05, 0) is 30.6 Å². The van der Waals surface area contributed by atoms with Crippen LogP contribution in [0.1, 0.15) is 10.4 Å². The molecule has 1 saturated heterocycles. The van der Waals surface area contributed by atoms with Crippen LogP contribution in [0.4, 0.5) is 0 Å². The maximum absolute atomic E-state index is 12.2. The van der Waals surface area contributed by atoms with E-state index in [1.807, 2.05) is 35.5 Å². The summed E-state index contributed by atoms with van der Waals surface area (Å²) in [6.07, 6.45) is 1.88. The van der Waals surface area contributed by atoms with E-state index in [2.05, 4.69) is 22.4 Å².